The number of halogens is 3. The summed E-state index contributed by atoms with van der Waals surface area (Å²) < 4.78 is 34.2. The molecule has 0 fully saturated rings. The van der Waals surface area contributed by atoms with E-state index in [0.29, 0.717) is 30.0 Å². The van der Waals surface area contributed by atoms with Gasteiger partial charge in [-0.25, -0.2) is 0 Å². The summed E-state index contributed by atoms with van der Waals surface area (Å²) in [7, 11) is 0. The molecule has 1 aromatic heterocycles. The molecule has 24 heavy (non-hydrogen) atoms. The number of nitrogens with two attached hydrogens (primary N) is 1. The number of hydrogen-bond acceptors (Lipinski definition) is 4. The lowest BCUT2D eigenvalue weighted by Gasteiger charge is -2.29. The number of nitrogens with zero attached hydrogens (tertiary/aromatic N) is 1. The van der Waals surface area contributed by atoms with Gasteiger partial charge in [0, 0.05) is 12.2 Å². The zero-order valence-electron chi connectivity index (χ0n) is 12.7. The highest BCUT2D eigenvalue weighted by molar-refractivity contribution is 6.06. The Morgan fingerprint density at radius 3 is 2.83 bits per heavy atom. The Labute approximate surface area is 143 Å². The smallest absolute Gasteiger partial charge is 0.387 e. The molecule has 1 aromatic carbocycles. The van der Waals surface area contributed by atoms with E-state index in [9.17, 15) is 13.6 Å². The van der Waals surface area contributed by atoms with Crippen molar-refractivity contribution in [2.45, 2.75) is 26.0 Å². The summed E-state index contributed by atoms with van der Waals surface area (Å²) in [6, 6.07) is 6.25. The van der Waals surface area contributed by atoms with Crippen LogP contribution in [0.15, 0.2) is 34.9 Å². The molecule has 5 nitrogen and oxygen atoms in total. The van der Waals surface area contributed by atoms with Gasteiger partial charge in [-0.1, -0.05) is 0 Å². The highest BCUT2D eigenvalue weighted by Gasteiger charge is 2.25. The topological polar surface area (TPSA) is 68.7 Å². The molecule has 0 atom stereocenters. The Bertz CT molecular complexity index is 721. The molecule has 130 valence electrons. The van der Waals surface area contributed by atoms with E-state index in [1.165, 1.54) is 12.3 Å². The van der Waals surface area contributed by atoms with E-state index in [-0.39, 0.29) is 30.6 Å². The van der Waals surface area contributed by atoms with Crippen LogP contribution in [0.5, 0.6) is 5.75 Å². The van der Waals surface area contributed by atoms with Gasteiger partial charge in [0.15, 0.2) is 0 Å². The van der Waals surface area contributed by atoms with Gasteiger partial charge in [0.2, 0.25) is 0 Å². The Morgan fingerprint density at radius 2 is 2.17 bits per heavy atom. The molecular weight excluding hydrogens is 342 g/mol. The first-order valence-electron chi connectivity index (χ1n) is 7.25. The first-order chi connectivity index (χ1) is 11.1. The highest BCUT2D eigenvalue weighted by Crippen LogP contribution is 2.32. The molecule has 0 bridgehead atoms. The predicted molar refractivity (Wildman–Crippen MR) is 86.9 cm³/mol. The maximum Gasteiger partial charge on any atom is 0.387 e. The number of ether oxygens (including phenoxy) is 1. The lowest BCUT2D eigenvalue weighted by Crippen LogP contribution is -2.35. The second-order valence-electron chi connectivity index (χ2n) is 5.24. The molecule has 0 unspecified atom stereocenters. The van der Waals surface area contributed by atoms with E-state index >= 15 is 0 Å². The number of hydrogen-bond donors (Lipinski definition) is 1. The fourth-order valence-corrected chi connectivity index (χ4v) is 2.72. The van der Waals surface area contributed by atoms with Gasteiger partial charge in [0.25, 0.3) is 5.91 Å². The molecule has 0 radical (unpaired) electrons. The molecule has 2 N–H and O–H groups in total. The molecule has 1 aliphatic heterocycles. The Hall–Kier alpha value is -2.12. The van der Waals surface area contributed by atoms with Crippen molar-refractivity contribution < 1.29 is 22.7 Å². The van der Waals surface area contributed by atoms with Crippen LogP contribution in [0.4, 0.5) is 14.5 Å². The van der Waals surface area contributed by atoms with Crippen LogP contribution >= 0.6 is 12.4 Å². The van der Waals surface area contributed by atoms with Gasteiger partial charge in [-0.2, -0.15) is 8.78 Å². The fourth-order valence-electron chi connectivity index (χ4n) is 2.72. The van der Waals surface area contributed by atoms with E-state index in [0.717, 1.165) is 12.0 Å². The minimum Gasteiger partial charge on any atom is -0.467 e. The summed E-state index contributed by atoms with van der Waals surface area (Å²) in [5.41, 5.74) is 7.42. The largest absolute Gasteiger partial charge is 0.467 e. The van der Waals surface area contributed by atoms with Crippen LogP contribution in [0.1, 0.15) is 28.1 Å². The molecule has 1 amide bonds. The first kappa shape index (κ1) is 18.2. The van der Waals surface area contributed by atoms with Crippen molar-refractivity contribution in [3.8, 4) is 5.75 Å². The van der Waals surface area contributed by atoms with Gasteiger partial charge in [0.05, 0.1) is 12.1 Å². The van der Waals surface area contributed by atoms with Crippen molar-refractivity contribution in [2.75, 3.05) is 11.4 Å². The minimum absolute atomic E-state index is 0. The van der Waals surface area contributed by atoms with E-state index in [1.807, 2.05) is 0 Å². The first-order valence-corrected chi connectivity index (χ1v) is 7.25. The second-order valence-corrected chi connectivity index (χ2v) is 5.24. The number of carbonyl (C=O) groups is 1. The lowest BCUT2D eigenvalue weighted by molar-refractivity contribution is -0.0498. The zero-order valence-corrected chi connectivity index (χ0v) is 13.5. The number of benzene rings is 1. The van der Waals surface area contributed by atoms with Crippen LogP contribution in [-0.2, 0) is 13.0 Å². The Balaban J connectivity index is 0.00000208. The maximum atomic E-state index is 12.6. The van der Waals surface area contributed by atoms with Crippen LogP contribution in [0, 0.1) is 0 Å². The third-order valence-electron chi connectivity index (χ3n) is 3.74. The summed E-state index contributed by atoms with van der Waals surface area (Å²) in [5, 5.41) is 0. The van der Waals surface area contributed by atoms with E-state index in [2.05, 4.69) is 4.74 Å². The van der Waals surface area contributed by atoms with Gasteiger partial charge >= 0.3 is 6.61 Å². The van der Waals surface area contributed by atoms with Crippen molar-refractivity contribution in [3.05, 3.63) is 47.4 Å². The van der Waals surface area contributed by atoms with Gasteiger partial charge in [0.1, 0.15) is 17.8 Å². The van der Waals surface area contributed by atoms with E-state index in [1.54, 1.807) is 23.1 Å². The summed E-state index contributed by atoms with van der Waals surface area (Å²) in [4.78, 5) is 14.2. The number of aryl methyl sites for hydroxylation is 1. The summed E-state index contributed by atoms with van der Waals surface area (Å²) in [6.45, 7) is -2.09. The zero-order chi connectivity index (χ0) is 16.4. The van der Waals surface area contributed by atoms with E-state index < -0.39 is 6.61 Å². The Kier molecular flexibility index (Phi) is 5.80. The second kappa shape index (κ2) is 7.63. The molecule has 0 saturated heterocycles. The molecule has 2 heterocycles. The fraction of sp³-hybridized carbons (Fsp3) is 0.312. The van der Waals surface area contributed by atoms with Crippen LogP contribution in [0.2, 0.25) is 0 Å². The third kappa shape index (κ3) is 3.68. The number of carbonyl (C=O) groups excluding carboxylic acids is 1. The van der Waals surface area contributed by atoms with Crippen LogP contribution in [0.25, 0.3) is 0 Å². The van der Waals surface area contributed by atoms with Gasteiger partial charge in [-0.15, -0.1) is 12.4 Å². The SMILES string of the molecule is Cl.NCc1cc(C(=O)N2CCCc3cc(OC(F)F)ccc32)co1. The van der Waals surface area contributed by atoms with Crippen molar-refractivity contribution in [2.24, 2.45) is 5.73 Å². The number of amides is 1. The molecule has 3 rings (SSSR count). The molecule has 0 saturated carbocycles. The monoisotopic (exact) mass is 358 g/mol. The molecule has 1 aliphatic rings. The molecule has 8 heteroatoms. The standard InChI is InChI=1S/C16H16F2N2O3.ClH/c17-16(18)23-12-3-4-14-10(6-12)2-1-5-20(14)15(21)11-7-13(8-19)22-9-11;/h3-4,6-7,9,16H,1-2,5,8,19H2;1H. The minimum atomic E-state index is -2.87. The highest BCUT2D eigenvalue weighted by atomic mass is 35.5. The predicted octanol–water partition coefficient (Wildman–Crippen LogP) is 3.35. The Morgan fingerprint density at radius 1 is 1.38 bits per heavy atom. The van der Waals surface area contributed by atoms with Crippen molar-refractivity contribution in [1.82, 2.24) is 0 Å². The van der Waals surface area contributed by atoms with Gasteiger partial charge in [-0.3, -0.25) is 4.79 Å². The van der Waals surface area contributed by atoms with Crippen molar-refractivity contribution >= 4 is 24.0 Å². The molecule has 0 aliphatic carbocycles. The normalized spacial score (nSPS) is 13.4. The van der Waals surface area contributed by atoms with Crippen LogP contribution < -0.4 is 15.4 Å². The van der Waals surface area contributed by atoms with Crippen molar-refractivity contribution in [1.29, 1.82) is 0 Å². The van der Waals surface area contributed by atoms with Gasteiger partial charge in [-0.05, 0) is 42.7 Å². The van der Waals surface area contributed by atoms with Gasteiger partial charge < -0.3 is 19.8 Å². The molecular formula is C16H17ClF2N2O3. The number of fused-ring (bicyclic) bond motifs is 1. The molecule has 0 spiro atoms. The summed E-state index contributed by atoms with van der Waals surface area (Å²) in [6.07, 6.45) is 2.84. The maximum absolute atomic E-state index is 12.6. The summed E-state index contributed by atoms with van der Waals surface area (Å²) >= 11 is 0. The number of alkyl halides is 2. The third-order valence-corrected chi connectivity index (χ3v) is 3.74. The van der Waals surface area contributed by atoms with Crippen LogP contribution in [-0.4, -0.2) is 19.1 Å². The van der Waals surface area contributed by atoms with Crippen molar-refractivity contribution in [3.63, 3.8) is 0 Å². The quantitative estimate of drug-likeness (QED) is 0.910. The number of anilines is 1. The average Bonchev–Trinajstić information content (AvgIpc) is 3.02. The molecule has 2 aromatic rings. The number of furan rings is 1. The average molecular weight is 359 g/mol. The summed E-state index contributed by atoms with van der Waals surface area (Å²) in [5.74, 6) is 0.435. The van der Waals surface area contributed by atoms with E-state index in [4.69, 9.17) is 10.2 Å². The van der Waals surface area contributed by atoms with Crippen LogP contribution in [0.3, 0.4) is 0 Å². The number of rotatable bonds is 4. The lowest BCUT2D eigenvalue weighted by atomic mass is 10.0.